The third kappa shape index (κ3) is 0.749. The van der Waals surface area contributed by atoms with Crippen LogP contribution in [0.5, 0.6) is 0 Å². The van der Waals surface area contributed by atoms with Crippen molar-refractivity contribution in [2.24, 2.45) is 5.92 Å². The molecular formula is C10H14. The summed E-state index contributed by atoms with van der Waals surface area (Å²) in [4.78, 5) is 0. The molecule has 2 rings (SSSR count). The Kier molecular flexibility index (Phi) is 1.40. The van der Waals surface area contributed by atoms with Gasteiger partial charge in [-0.3, -0.25) is 0 Å². The molecule has 2 aliphatic rings. The van der Waals surface area contributed by atoms with Gasteiger partial charge in [-0.2, -0.15) is 0 Å². The van der Waals surface area contributed by atoms with Gasteiger partial charge in [0.05, 0.1) is 0 Å². The minimum atomic E-state index is 0.974. The van der Waals surface area contributed by atoms with Crippen LogP contribution in [-0.4, -0.2) is 0 Å². The number of allylic oxidation sites excluding steroid dienone is 3. The molecule has 0 unspecified atom stereocenters. The van der Waals surface area contributed by atoms with Crippen molar-refractivity contribution in [3.63, 3.8) is 0 Å². The topological polar surface area (TPSA) is 0 Å². The summed E-state index contributed by atoms with van der Waals surface area (Å²) in [6.07, 6.45) is 9.04. The van der Waals surface area contributed by atoms with E-state index in [0.29, 0.717) is 0 Å². The van der Waals surface area contributed by atoms with Gasteiger partial charge in [-0.05, 0) is 43.6 Å². The molecule has 0 aromatic rings. The maximum Gasteiger partial charge on any atom is -0.0194 e. The van der Waals surface area contributed by atoms with Crippen molar-refractivity contribution < 1.29 is 0 Å². The predicted molar refractivity (Wildman–Crippen MR) is 43.8 cm³/mol. The van der Waals surface area contributed by atoms with E-state index in [0.717, 1.165) is 5.92 Å². The van der Waals surface area contributed by atoms with E-state index in [9.17, 15) is 0 Å². The first kappa shape index (κ1) is 6.21. The maximum atomic E-state index is 3.85. The monoisotopic (exact) mass is 134 g/mol. The molecule has 0 aliphatic heterocycles. The third-order valence-corrected chi connectivity index (χ3v) is 2.91. The fourth-order valence-electron chi connectivity index (χ4n) is 2.17. The Morgan fingerprint density at radius 1 is 1.30 bits per heavy atom. The Bertz CT molecular complexity index is 186. The first-order chi connectivity index (χ1) is 4.92. The average molecular weight is 134 g/mol. The lowest BCUT2D eigenvalue weighted by Gasteiger charge is -2.36. The molecule has 0 heterocycles. The fourth-order valence-corrected chi connectivity index (χ4v) is 2.17. The Morgan fingerprint density at radius 3 is 2.70 bits per heavy atom. The van der Waals surface area contributed by atoms with Gasteiger partial charge in [-0.1, -0.05) is 18.2 Å². The van der Waals surface area contributed by atoms with E-state index in [4.69, 9.17) is 0 Å². The fraction of sp³-hybridized carbons (Fsp3) is 0.600. The maximum absolute atomic E-state index is 3.85. The lowest BCUT2D eigenvalue weighted by molar-refractivity contribution is 0.376. The molecule has 0 radical (unpaired) electrons. The normalized spacial score (nSPS) is 31.0. The molecule has 0 bridgehead atoms. The van der Waals surface area contributed by atoms with E-state index in [1.54, 1.807) is 11.1 Å². The van der Waals surface area contributed by atoms with Gasteiger partial charge in [-0.25, -0.2) is 0 Å². The SMILES string of the molecule is C=CC1=C2CC[C@@H]2CCC1. The number of rotatable bonds is 1. The molecule has 0 nitrogen and oxygen atoms in total. The second kappa shape index (κ2) is 2.26. The summed E-state index contributed by atoms with van der Waals surface area (Å²) in [5, 5.41) is 0. The summed E-state index contributed by atoms with van der Waals surface area (Å²) >= 11 is 0. The van der Waals surface area contributed by atoms with Crippen molar-refractivity contribution in [3.8, 4) is 0 Å². The number of hydrogen-bond acceptors (Lipinski definition) is 0. The van der Waals surface area contributed by atoms with Gasteiger partial charge in [-0.15, -0.1) is 0 Å². The van der Waals surface area contributed by atoms with Crippen LogP contribution in [0.15, 0.2) is 23.8 Å². The van der Waals surface area contributed by atoms with Crippen LogP contribution in [0.1, 0.15) is 32.1 Å². The van der Waals surface area contributed by atoms with E-state index >= 15 is 0 Å². The smallest absolute Gasteiger partial charge is 0.0194 e. The molecule has 0 aromatic carbocycles. The largest absolute Gasteiger partial charge is 0.0988 e. The highest BCUT2D eigenvalue weighted by molar-refractivity contribution is 5.32. The van der Waals surface area contributed by atoms with Crippen molar-refractivity contribution in [2.75, 3.05) is 0 Å². The lowest BCUT2D eigenvalue weighted by atomic mass is 9.70. The quantitative estimate of drug-likeness (QED) is 0.517. The van der Waals surface area contributed by atoms with Crippen LogP contribution >= 0.6 is 0 Å². The third-order valence-electron chi connectivity index (χ3n) is 2.91. The van der Waals surface area contributed by atoms with Crippen molar-refractivity contribution in [3.05, 3.63) is 23.8 Å². The first-order valence-corrected chi connectivity index (χ1v) is 4.26. The molecular weight excluding hydrogens is 120 g/mol. The van der Waals surface area contributed by atoms with Crippen molar-refractivity contribution in [1.82, 2.24) is 0 Å². The second-order valence-corrected chi connectivity index (χ2v) is 3.38. The first-order valence-electron chi connectivity index (χ1n) is 4.26. The Balaban J connectivity index is 2.25. The van der Waals surface area contributed by atoms with Crippen molar-refractivity contribution in [2.45, 2.75) is 32.1 Å². The molecule has 0 amide bonds. The van der Waals surface area contributed by atoms with Crippen molar-refractivity contribution >= 4 is 0 Å². The van der Waals surface area contributed by atoms with Crippen LogP contribution in [0.2, 0.25) is 0 Å². The summed E-state index contributed by atoms with van der Waals surface area (Å²) in [6, 6.07) is 0. The number of fused-ring (bicyclic) bond motifs is 1. The van der Waals surface area contributed by atoms with Crippen LogP contribution in [-0.2, 0) is 0 Å². The van der Waals surface area contributed by atoms with Crippen LogP contribution in [0, 0.1) is 5.92 Å². The minimum absolute atomic E-state index is 0.974. The zero-order valence-electron chi connectivity index (χ0n) is 6.40. The molecule has 0 spiro atoms. The molecule has 0 heteroatoms. The summed E-state index contributed by atoms with van der Waals surface area (Å²) in [5.74, 6) is 0.974. The van der Waals surface area contributed by atoms with Crippen LogP contribution < -0.4 is 0 Å². The summed E-state index contributed by atoms with van der Waals surface area (Å²) < 4.78 is 0. The average Bonchev–Trinajstić information content (AvgIpc) is 1.91. The van der Waals surface area contributed by atoms with Gasteiger partial charge in [0, 0.05) is 0 Å². The Morgan fingerprint density at radius 2 is 2.20 bits per heavy atom. The highest BCUT2D eigenvalue weighted by atomic mass is 14.3. The minimum Gasteiger partial charge on any atom is -0.0988 e. The summed E-state index contributed by atoms with van der Waals surface area (Å²) in [6.45, 7) is 3.85. The molecule has 1 saturated carbocycles. The summed E-state index contributed by atoms with van der Waals surface area (Å²) in [5.41, 5.74) is 3.31. The second-order valence-electron chi connectivity index (χ2n) is 3.38. The van der Waals surface area contributed by atoms with E-state index in [1.807, 2.05) is 0 Å². The molecule has 0 saturated heterocycles. The van der Waals surface area contributed by atoms with Crippen LogP contribution in [0.25, 0.3) is 0 Å². The molecule has 0 N–H and O–H groups in total. The van der Waals surface area contributed by atoms with Gasteiger partial charge in [0.1, 0.15) is 0 Å². The highest BCUT2D eigenvalue weighted by Crippen LogP contribution is 2.44. The van der Waals surface area contributed by atoms with E-state index < -0.39 is 0 Å². The van der Waals surface area contributed by atoms with E-state index in [1.165, 1.54) is 32.1 Å². The zero-order valence-corrected chi connectivity index (χ0v) is 6.40. The lowest BCUT2D eigenvalue weighted by Crippen LogP contribution is -2.20. The van der Waals surface area contributed by atoms with E-state index in [-0.39, 0.29) is 0 Å². The molecule has 2 aliphatic carbocycles. The number of hydrogen-bond donors (Lipinski definition) is 0. The van der Waals surface area contributed by atoms with Gasteiger partial charge in [0.15, 0.2) is 0 Å². The standard InChI is InChI=1S/C10H14/c1-2-8-4-3-5-9-6-7-10(8)9/h2,9H,1,3-7H2/t9-/m0/s1. The highest BCUT2D eigenvalue weighted by Gasteiger charge is 2.28. The van der Waals surface area contributed by atoms with Crippen molar-refractivity contribution in [1.29, 1.82) is 0 Å². The molecule has 1 atom stereocenters. The molecule has 1 fully saturated rings. The van der Waals surface area contributed by atoms with E-state index in [2.05, 4.69) is 12.7 Å². The zero-order chi connectivity index (χ0) is 6.97. The van der Waals surface area contributed by atoms with Crippen LogP contribution in [0.3, 0.4) is 0 Å². The molecule has 10 heavy (non-hydrogen) atoms. The predicted octanol–water partition coefficient (Wildman–Crippen LogP) is 3.06. The van der Waals surface area contributed by atoms with Crippen LogP contribution in [0.4, 0.5) is 0 Å². The van der Waals surface area contributed by atoms with Gasteiger partial charge < -0.3 is 0 Å². The molecule has 0 aromatic heterocycles. The molecule has 54 valence electrons. The van der Waals surface area contributed by atoms with Gasteiger partial charge in [0.25, 0.3) is 0 Å². The Hall–Kier alpha value is -0.520. The summed E-state index contributed by atoms with van der Waals surface area (Å²) in [7, 11) is 0. The van der Waals surface area contributed by atoms with Gasteiger partial charge >= 0.3 is 0 Å². The van der Waals surface area contributed by atoms with Gasteiger partial charge in [0.2, 0.25) is 0 Å². The Labute approximate surface area is 62.6 Å².